The Morgan fingerprint density at radius 2 is 2.12 bits per heavy atom. The summed E-state index contributed by atoms with van der Waals surface area (Å²) < 4.78 is 5.39. The van der Waals surface area contributed by atoms with E-state index in [4.69, 9.17) is 4.74 Å². The molecule has 1 unspecified atom stereocenters. The van der Waals surface area contributed by atoms with E-state index in [1.54, 1.807) is 0 Å². The first-order chi connectivity index (χ1) is 8.11. The van der Waals surface area contributed by atoms with E-state index in [0.717, 1.165) is 25.4 Å². The van der Waals surface area contributed by atoms with Crippen LogP contribution in [-0.2, 0) is 11.3 Å². The standard InChI is InChI=1S/C14H24N2O/c1-5-17-11-12(2)15-14-8-6-7-13(9-14)10-16(3)4/h6-9,12,15H,5,10-11H2,1-4H3. The zero-order valence-electron chi connectivity index (χ0n) is 11.4. The number of benzene rings is 1. The highest BCUT2D eigenvalue weighted by Crippen LogP contribution is 2.13. The lowest BCUT2D eigenvalue weighted by atomic mass is 10.2. The van der Waals surface area contributed by atoms with Gasteiger partial charge in [-0.1, -0.05) is 12.1 Å². The zero-order chi connectivity index (χ0) is 12.7. The van der Waals surface area contributed by atoms with Crippen LogP contribution in [0.3, 0.4) is 0 Å². The summed E-state index contributed by atoms with van der Waals surface area (Å²) in [6, 6.07) is 8.88. The van der Waals surface area contributed by atoms with Crippen molar-refractivity contribution in [1.29, 1.82) is 0 Å². The van der Waals surface area contributed by atoms with Crippen molar-refractivity contribution < 1.29 is 4.74 Å². The number of hydrogen-bond donors (Lipinski definition) is 1. The van der Waals surface area contributed by atoms with Gasteiger partial charge in [0.2, 0.25) is 0 Å². The predicted molar refractivity (Wildman–Crippen MR) is 73.4 cm³/mol. The molecule has 0 heterocycles. The maximum absolute atomic E-state index is 5.39. The summed E-state index contributed by atoms with van der Waals surface area (Å²) in [4.78, 5) is 2.17. The zero-order valence-corrected chi connectivity index (χ0v) is 11.4. The van der Waals surface area contributed by atoms with Crippen molar-refractivity contribution in [3.05, 3.63) is 29.8 Å². The smallest absolute Gasteiger partial charge is 0.0664 e. The van der Waals surface area contributed by atoms with Crippen LogP contribution in [0.15, 0.2) is 24.3 Å². The fourth-order valence-electron chi connectivity index (χ4n) is 1.75. The second-order valence-electron chi connectivity index (χ2n) is 4.64. The van der Waals surface area contributed by atoms with Crippen molar-refractivity contribution in [2.24, 2.45) is 0 Å². The Balaban J connectivity index is 2.53. The van der Waals surface area contributed by atoms with E-state index in [-0.39, 0.29) is 0 Å². The van der Waals surface area contributed by atoms with Crippen LogP contribution in [0.5, 0.6) is 0 Å². The molecular formula is C14H24N2O. The molecule has 0 spiro atoms. The fourth-order valence-corrected chi connectivity index (χ4v) is 1.75. The molecule has 0 aliphatic carbocycles. The number of rotatable bonds is 7. The molecule has 1 atom stereocenters. The molecule has 1 rings (SSSR count). The molecule has 0 bridgehead atoms. The van der Waals surface area contributed by atoms with E-state index in [9.17, 15) is 0 Å². The van der Waals surface area contributed by atoms with Gasteiger partial charge in [0.1, 0.15) is 0 Å². The Kier molecular flexibility index (Phi) is 6.01. The topological polar surface area (TPSA) is 24.5 Å². The minimum absolute atomic E-state index is 0.338. The lowest BCUT2D eigenvalue weighted by molar-refractivity contribution is 0.141. The number of hydrogen-bond acceptors (Lipinski definition) is 3. The maximum Gasteiger partial charge on any atom is 0.0664 e. The Hall–Kier alpha value is -1.06. The lowest BCUT2D eigenvalue weighted by Crippen LogP contribution is -2.21. The summed E-state index contributed by atoms with van der Waals surface area (Å²) in [5, 5.41) is 3.45. The average Bonchev–Trinajstić information content (AvgIpc) is 2.26. The molecule has 17 heavy (non-hydrogen) atoms. The van der Waals surface area contributed by atoms with E-state index < -0.39 is 0 Å². The van der Waals surface area contributed by atoms with Gasteiger partial charge in [0.25, 0.3) is 0 Å². The highest BCUT2D eigenvalue weighted by molar-refractivity contribution is 5.46. The maximum atomic E-state index is 5.39. The normalized spacial score (nSPS) is 12.8. The molecule has 1 aromatic rings. The molecule has 3 heteroatoms. The van der Waals surface area contributed by atoms with Crippen LogP contribution < -0.4 is 5.32 Å². The van der Waals surface area contributed by atoms with Gasteiger partial charge >= 0.3 is 0 Å². The van der Waals surface area contributed by atoms with Gasteiger partial charge in [-0.05, 0) is 45.6 Å². The van der Waals surface area contributed by atoms with Crippen molar-refractivity contribution in [2.45, 2.75) is 26.4 Å². The summed E-state index contributed by atoms with van der Waals surface area (Å²) in [5.41, 5.74) is 2.49. The monoisotopic (exact) mass is 236 g/mol. The quantitative estimate of drug-likeness (QED) is 0.787. The summed E-state index contributed by atoms with van der Waals surface area (Å²) in [7, 11) is 4.16. The molecule has 0 amide bonds. The SMILES string of the molecule is CCOCC(C)Nc1cccc(CN(C)C)c1. The largest absolute Gasteiger partial charge is 0.380 e. The van der Waals surface area contributed by atoms with Gasteiger partial charge in [-0.15, -0.1) is 0 Å². The van der Waals surface area contributed by atoms with Gasteiger partial charge in [0.15, 0.2) is 0 Å². The molecule has 0 aromatic heterocycles. The Morgan fingerprint density at radius 1 is 1.35 bits per heavy atom. The van der Waals surface area contributed by atoms with Crippen molar-refractivity contribution in [2.75, 3.05) is 32.6 Å². The van der Waals surface area contributed by atoms with Crippen LogP contribution in [0.1, 0.15) is 19.4 Å². The third kappa shape index (κ3) is 5.71. The molecule has 0 aliphatic heterocycles. The van der Waals surface area contributed by atoms with Gasteiger partial charge in [0.05, 0.1) is 6.61 Å². The number of nitrogens with one attached hydrogen (secondary N) is 1. The van der Waals surface area contributed by atoms with Gasteiger partial charge in [-0.25, -0.2) is 0 Å². The molecule has 3 nitrogen and oxygen atoms in total. The van der Waals surface area contributed by atoms with Crippen molar-refractivity contribution in [1.82, 2.24) is 4.90 Å². The third-order valence-corrected chi connectivity index (χ3v) is 2.41. The molecule has 96 valence electrons. The number of nitrogens with zero attached hydrogens (tertiary/aromatic N) is 1. The van der Waals surface area contributed by atoms with Gasteiger partial charge in [-0.3, -0.25) is 0 Å². The summed E-state index contributed by atoms with van der Waals surface area (Å²) >= 11 is 0. The molecule has 0 fully saturated rings. The second kappa shape index (κ2) is 7.30. The van der Waals surface area contributed by atoms with Crippen LogP contribution in [0.4, 0.5) is 5.69 Å². The first-order valence-corrected chi connectivity index (χ1v) is 6.19. The van der Waals surface area contributed by atoms with E-state index >= 15 is 0 Å². The Labute approximate surface area is 105 Å². The van der Waals surface area contributed by atoms with Gasteiger partial charge < -0.3 is 15.0 Å². The number of ether oxygens (including phenoxy) is 1. The van der Waals surface area contributed by atoms with E-state index in [1.165, 1.54) is 5.56 Å². The average molecular weight is 236 g/mol. The van der Waals surface area contributed by atoms with Crippen LogP contribution >= 0.6 is 0 Å². The summed E-state index contributed by atoms with van der Waals surface area (Å²) in [6.45, 7) is 6.63. The Bertz CT molecular complexity index is 326. The summed E-state index contributed by atoms with van der Waals surface area (Å²) in [6.07, 6.45) is 0. The van der Waals surface area contributed by atoms with Crippen molar-refractivity contribution in [3.63, 3.8) is 0 Å². The fraction of sp³-hybridized carbons (Fsp3) is 0.571. The Morgan fingerprint density at radius 3 is 2.76 bits per heavy atom. The first-order valence-electron chi connectivity index (χ1n) is 6.19. The highest BCUT2D eigenvalue weighted by Gasteiger charge is 2.02. The van der Waals surface area contributed by atoms with E-state index in [2.05, 4.69) is 55.5 Å². The minimum atomic E-state index is 0.338. The van der Waals surface area contributed by atoms with Crippen LogP contribution in [-0.4, -0.2) is 38.3 Å². The lowest BCUT2D eigenvalue weighted by Gasteiger charge is -2.16. The molecule has 0 aliphatic rings. The number of anilines is 1. The van der Waals surface area contributed by atoms with E-state index in [0.29, 0.717) is 6.04 Å². The molecular weight excluding hydrogens is 212 g/mol. The summed E-state index contributed by atoms with van der Waals surface area (Å²) in [5.74, 6) is 0. The molecule has 0 saturated heterocycles. The molecule has 1 aromatic carbocycles. The highest BCUT2D eigenvalue weighted by atomic mass is 16.5. The minimum Gasteiger partial charge on any atom is -0.380 e. The van der Waals surface area contributed by atoms with Gasteiger partial charge in [0, 0.05) is 24.9 Å². The molecule has 1 N–H and O–H groups in total. The predicted octanol–water partition coefficient (Wildman–Crippen LogP) is 2.59. The second-order valence-corrected chi connectivity index (χ2v) is 4.64. The molecule has 0 saturated carbocycles. The van der Waals surface area contributed by atoms with E-state index in [1.807, 2.05) is 6.92 Å². The molecule has 0 radical (unpaired) electrons. The van der Waals surface area contributed by atoms with Crippen LogP contribution in [0.25, 0.3) is 0 Å². The third-order valence-electron chi connectivity index (χ3n) is 2.41. The van der Waals surface area contributed by atoms with Crippen molar-refractivity contribution >= 4 is 5.69 Å². The van der Waals surface area contributed by atoms with Crippen molar-refractivity contribution in [3.8, 4) is 0 Å². The van der Waals surface area contributed by atoms with Gasteiger partial charge in [-0.2, -0.15) is 0 Å². The first kappa shape index (κ1) is 14.0. The van der Waals surface area contributed by atoms with Crippen LogP contribution in [0.2, 0.25) is 0 Å². The van der Waals surface area contributed by atoms with Crippen LogP contribution in [0, 0.1) is 0 Å².